The van der Waals surface area contributed by atoms with Crippen molar-refractivity contribution in [2.75, 3.05) is 11.9 Å². The van der Waals surface area contributed by atoms with Gasteiger partial charge in [-0.25, -0.2) is 13.6 Å². The molecule has 2 amide bonds. The summed E-state index contributed by atoms with van der Waals surface area (Å²) >= 11 is 7.50. The number of amides is 2. The molecule has 1 fully saturated rings. The number of nitrogens with one attached hydrogen (secondary N) is 1. The summed E-state index contributed by atoms with van der Waals surface area (Å²) in [5, 5.41) is 33.1. The summed E-state index contributed by atoms with van der Waals surface area (Å²) in [4.78, 5) is 38.2. The Kier molecular flexibility index (Phi) is 7.68. The first-order chi connectivity index (χ1) is 17.5. The first kappa shape index (κ1) is 26.4. The second-order valence-electron chi connectivity index (χ2n) is 7.70. The fraction of sp³-hybridized carbons (Fsp3) is 0.0833. The van der Waals surface area contributed by atoms with E-state index >= 15 is 0 Å². The van der Waals surface area contributed by atoms with Crippen molar-refractivity contribution in [2.45, 2.75) is 6.10 Å². The quantitative estimate of drug-likeness (QED) is 0.248. The molecule has 0 unspecified atom stereocenters. The van der Waals surface area contributed by atoms with Gasteiger partial charge in [0.2, 0.25) is 0 Å². The lowest BCUT2D eigenvalue weighted by Gasteiger charge is -2.18. The molecule has 3 aromatic rings. The molecule has 2 aromatic carbocycles. The number of hydrogen-bond acceptors (Lipinski definition) is 8. The molecular formula is C24H16F2N2O6S3. The highest BCUT2D eigenvalue weighted by atomic mass is 32.2. The summed E-state index contributed by atoms with van der Waals surface area (Å²) in [5.41, 5.74) is 0.805. The van der Waals surface area contributed by atoms with Crippen LogP contribution in [0, 0.1) is 11.6 Å². The number of carboxylic acids is 1. The third kappa shape index (κ3) is 5.85. The fourth-order valence-electron chi connectivity index (χ4n) is 3.31. The summed E-state index contributed by atoms with van der Waals surface area (Å²) in [6.45, 7) is -0.433. The lowest BCUT2D eigenvalue weighted by molar-refractivity contribution is -0.127. The molecule has 0 bridgehead atoms. The van der Waals surface area contributed by atoms with E-state index < -0.39 is 47.8 Å². The molecule has 1 aromatic heterocycles. The maximum Gasteiger partial charge on any atom is 0.339 e. The standard InChI is InChI=1S/C24H16F2N2O6S3/c25-16-4-1-11(6-17(16)26)12-5-14(36-10-12)8-20-22(32)28(24(35)37-20)9-19(30)21(31)27-13-2-3-15(23(33)34)18(29)7-13/h1-8,10,19,29-30H,9H2,(H,27,31)(H,33,34)/t19-/m0/s1. The van der Waals surface area contributed by atoms with E-state index in [2.05, 4.69) is 5.32 Å². The summed E-state index contributed by atoms with van der Waals surface area (Å²) in [5.74, 6) is -5.25. The van der Waals surface area contributed by atoms with Gasteiger partial charge in [0.25, 0.3) is 11.8 Å². The molecule has 1 aliphatic heterocycles. The number of carbonyl (C=O) groups is 3. The highest BCUT2D eigenvalue weighted by Gasteiger charge is 2.35. The molecule has 2 heterocycles. The second kappa shape index (κ2) is 10.8. The van der Waals surface area contributed by atoms with Gasteiger partial charge in [-0.05, 0) is 52.9 Å². The van der Waals surface area contributed by atoms with Gasteiger partial charge in [0.15, 0.2) is 17.7 Å². The minimum absolute atomic E-state index is 0.0476. The van der Waals surface area contributed by atoms with Gasteiger partial charge >= 0.3 is 5.97 Å². The van der Waals surface area contributed by atoms with Crippen molar-refractivity contribution in [2.24, 2.45) is 0 Å². The van der Waals surface area contributed by atoms with E-state index in [4.69, 9.17) is 17.3 Å². The van der Waals surface area contributed by atoms with Crippen LogP contribution in [-0.2, 0) is 9.59 Å². The number of benzene rings is 2. The van der Waals surface area contributed by atoms with Crippen LogP contribution in [0.4, 0.5) is 14.5 Å². The lowest BCUT2D eigenvalue weighted by Crippen LogP contribution is -2.41. The Morgan fingerprint density at radius 3 is 2.54 bits per heavy atom. The average Bonchev–Trinajstić information content (AvgIpc) is 3.41. The number of aromatic carboxylic acids is 1. The van der Waals surface area contributed by atoms with Crippen LogP contribution in [0.2, 0.25) is 0 Å². The van der Waals surface area contributed by atoms with Gasteiger partial charge in [-0.1, -0.05) is 30.0 Å². The van der Waals surface area contributed by atoms with Crippen molar-refractivity contribution >= 4 is 69.2 Å². The Morgan fingerprint density at radius 1 is 1.11 bits per heavy atom. The number of thiophene rings is 1. The van der Waals surface area contributed by atoms with E-state index in [0.29, 0.717) is 16.0 Å². The zero-order valence-corrected chi connectivity index (χ0v) is 20.9. The molecule has 1 atom stereocenters. The summed E-state index contributed by atoms with van der Waals surface area (Å²) in [6, 6.07) is 8.61. The molecule has 4 N–H and O–H groups in total. The van der Waals surface area contributed by atoms with Crippen LogP contribution < -0.4 is 5.32 Å². The fourth-order valence-corrected chi connectivity index (χ4v) is 5.50. The van der Waals surface area contributed by atoms with E-state index in [9.17, 15) is 33.4 Å². The monoisotopic (exact) mass is 562 g/mol. The SMILES string of the molecule is O=C(O)c1ccc(NC(=O)[C@@H](O)CN2C(=O)C(=Cc3cc(-c4ccc(F)c(F)c4)cs3)SC2=S)cc1O. The van der Waals surface area contributed by atoms with E-state index in [1.54, 1.807) is 17.5 Å². The smallest absolute Gasteiger partial charge is 0.339 e. The maximum absolute atomic E-state index is 13.5. The molecule has 0 saturated carbocycles. The van der Waals surface area contributed by atoms with Crippen LogP contribution in [0.1, 0.15) is 15.2 Å². The molecular weight excluding hydrogens is 546 g/mol. The number of aliphatic hydroxyl groups excluding tert-OH is 1. The van der Waals surface area contributed by atoms with Crippen molar-refractivity contribution in [3.8, 4) is 16.9 Å². The molecule has 4 rings (SSSR count). The predicted molar refractivity (Wildman–Crippen MR) is 139 cm³/mol. The number of carbonyl (C=O) groups excluding carboxylic acids is 2. The van der Waals surface area contributed by atoms with Crippen molar-refractivity contribution in [3.63, 3.8) is 0 Å². The first-order valence-corrected chi connectivity index (χ1v) is 12.5. The number of anilines is 1. The third-order valence-electron chi connectivity index (χ3n) is 5.17. The van der Waals surface area contributed by atoms with Crippen molar-refractivity contribution in [1.29, 1.82) is 0 Å². The maximum atomic E-state index is 13.5. The Morgan fingerprint density at radius 2 is 1.86 bits per heavy atom. The summed E-state index contributed by atoms with van der Waals surface area (Å²) in [6.07, 6.45) is -0.100. The molecule has 190 valence electrons. The number of nitrogens with zero attached hydrogens (tertiary/aromatic N) is 1. The Balaban J connectivity index is 1.42. The van der Waals surface area contributed by atoms with Crippen LogP contribution in [-0.4, -0.2) is 55.0 Å². The predicted octanol–water partition coefficient (Wildman–Crippen LogP) is 4.30. The van der Waals surface area contributed by atoms with Gasteiger partial charge in [-0.15, -0.1) is 11.3 Å². The minimum atomic E-state index is -1.68. The first-order valence-electron chi connectivity index (χ1n) is 10.4. The number of thiocarbonyl (C=S) groups is 1. The summed E-state index contributed by atoms with van der Waals surface area (Å²) in [7, 11) is 0. The van der Waals surface area contributed by atoms with Crippen LogP contribution in [0.25, 0.3) is 17.2 Å². The van der Waals surface area contributed by atoms with Gasteiger partial charge in [-0.3, -0.25) is 14.5 Å². The van der Waals surface area contributed by atoms with Crippen molar-refractivity contribution < 1.29 is 38.5 Å². The largest absolute Gasteiger partial charge is 0.507 e. The lowest BCUT2D eigenvalue weighted by atomic mass is 10.1. The van der Waals surface area contributed by atoms with Gasteiger partial charge < -0.3 is 20.6 Å². The van der Waals surface area contributed by atoms with Crippen molar-refractivity contribution in [3.05, 3.63) is 74.8 Å². The number of halogens is 2. The van der Waals surface area contributed by atoms with Gasteiger partial charge in [0.05, 0.1) is 11.4 Å². The van der Waals surface area contributed by atoms with Crippen LogP contribution in [0.5, 0.6) is 5.75 Å². The third-order valence-corrected chi connectivity index (χ3v) is 7.43. The van der Waals surface area contributed by atoms with Gasteiger partial charge in [0.1, 0.15) is 15.6 Å². The number of β-amino-alcohol motifs (C(OH)–C–C–N with tert-alkyl or cyclic N) is 1. The van der Waals surface area contributed by atoms with Gasteiger partial charge in [-0.2, -0.15) is 0 Å². The van der Waals surface area contributed by atoms with E-state index in [-0.39, 0.29) is 20.5 Å². The van der Waals surface area contributed by atoms with Crippen LogP contribution >= 0.6 is 35.3 Å². The number of thioether (sulfide) groups is 1. The molecule has 8 nitrogen and oxygen atoms in total. The minimum Gasteiger partial charge on any atom is -0.507 e. The van der Waals surface area contributed by atoms with Crippen LogP contribution in [0.15, 0.2) is 52.7 Å². The highest BCUT2D eigenvalue weighted by Crippen LogP contribution is 2.35. The molecule has 37 heavy (non-hydrogen) atoms. The number of carboxylic acid groups (broad SMARTS) is 1. The average molecular weight is 563 g/mol. The van der Waals surface area contributed by atoms with E-state index in [1.165, 1.54) is 23.5 Å². The topological polar surface area (TPSA) is 127 Å². The number of hydrogen-bond donors (Lipinski definition) is 4. The molecule has 13 heteroatoms. The Labute approximate surface area is 221 Å². The van der Waals surface area contributed by atoms with E-state index in [0.717, 1.165) is 40.9 Å². The molecule has 0 radical (unpaired) electrons. The second-order valence-corrected chi connectivity index (χ2v) is 10.3. The van der Waals surface area contributed by atoms with E-state index in [1.807, 2.05) is 0 Å². The number of aromatic hydroxyl groups is 1. The summed E-state index contributed by atoms with van der Waals surface area (Å²) < 4.78 is 26.9. The van der Waals surface area contributed by atoms with Crippen LogP contribution in [0.3, 0.4) is 0 Å². The van der Waals surface area contributed by atoms with Crippen molar-refractivity contribution in [1.82, 2.24) is 4.90 Å². The number of aliphatic hydroxyl groups is 1. The Bertz CT molecular complexity index is 1470. The molecule has 0 spiro atoms. The highest BCUT2D eigenvalue weighted by molar-refractivity contribution is 8.26. The molecule has 0 aliphatic carbocycles. The zero-order valence-electron chi connectivity index (χ0n) is 18.5. The molecule has 1 saturated heterocycles. The Hall–Kier alpha value is -3.65. The number of phenols is 1. The van der Waals surface area contributed by atoms with Gasteiger partial charge in [0, 0.05) is 16.6 Å². The zero-order chi connectivity index (χ0) is 26.9. The number of rotatable bonds is 7. The molecule has 1 aliphatic rings. The normalized spacial score (nSPS) is 15.3.